The van der Waals surface area contributed by atoms with Gasteiger partial charge in [-0.2, -0.15) is 26.3 Å². The number of nitrogens with two attached hydrogens (primary N) is 2. The third kappa shape index (κ3) is 31.2. The Balaban J connectivity index is 0.000000311. The summed E-state index contributed by atoms with van der Waals surface area (Å²) in [5.74, 6) is -2.28. The summed E-state index contributed by atoms with van der Waals surface area (Å²) in [6, 6.07) is 45.8. The maximum absolute atomic E-state index is 12.6. The maximum Gasteiger partial charge on any atom is 0.416 e. The second-order valence-electron chi connectivity index (χ2n) is 24.3. The van der Waals surface area contributed by atoms with Gasteiger partial charge in [0.25, 0.3) is 22.7 Å². The van der Waals surface area contributed by atoms with E-state index in [0.717, 1.165) is 107 Å². The molecule has 124 heavy (non-hydrogen) atoms. The minimum Gasteiger partial charge on any atom is -0.477 e. The summed E-state index contributed by atoms with van der Waals surface area (Å²) in [5.41, 5.74) is 12.3. The first-order valence-corrected chi connectivity index (χ1v) is 38.3. The minimum atomic E-state index is -4.58. The molecule has 41 heteroatoms. The van der Waals surface area contributed by atoms with Crippen LogP contribution in [-0.2, 0) is 49.1 Å². The number of amides is 2. The van der Waals surface area contributed by atoms with Crippen LogP contribution in [0, 0.1) is 54.3 Å². The number of allylic oxidation sites excluding steroid dienone is 1. The number of alkyl halides is 8. The smallest absolute Gasteiger partial charge is 0.416 e. The lowest BCUT2D eigenvalue weighted by Gasteiger charge is -2.25. The molecule has 0 fully saturated rings. The van der Waals surface area contributed by atoms with Crippen LogP contribution in [0.2, 0.25) is 20.1 Å². The van der Waals surface area contributed by atoms with Crippen molar-refractivity contribution in [3.63, 3.8) is 0 Å². The lowest BCUT2D eigenvalue weighted by Crippen LogP contribution is -2.35. The summed E-state index contributed by atoms with van der Waals surface area (Å²) in [7, 11) is 0. The number of hydrogen-bond acceptors (Lipinski definition) is 21. The van der Waals surface area contributed by atoms with Crippen LogP contribution in [0.25, 0.3) is 0 Å². The monoisotopic (exact) mass is 1840 g/mol. The largest absolute Gasteiger partial charge is 0.477 e. The SMILES string of the molecule is C=CC=O.CCOCN(C(=O)CCl)c1c(C)cccc1CC.CCOCN(C(=O)CCl)c1c(C)cccc1CC.Nc1c([N+](=O)[O-])ccc(Oc2ccccc2)c1Cl.Nc1c([N+](=O)[O-])ccc(Oc2ccccc2)c1Cl.O=C(O)c1cc(Oc2ccc(C(F)(F)F)cc2Cl)ccc1[N+](=O)[O-].O=C(O)c1cc(Oc2ccc(C(F)(F)F)cc2Cl)ccc1[N+](=O)[O-]. The molecule has 6 N–H and O–H groups in total. The Bertz CT molecular complexity index is 5070. The van der Waals surface area contributed by atoms with E-state index in [9.17, 15) is 86.0 Å². The molecule has 29 nitrogen and oxygen atoms in total. The average molecular weight is 1850 g/mol. The van der Waals surface area contributed by atoms with E-state index >= 15 is 0 Å². The fraction of sp³-hybridized carbons (Fsp3) is 0.193. The van der Waals surface area contributed by atoms with Crippen molar-refractivity contribution < 1.29 is 109 Å². The third-order valence-electron chi connectivity index (χ3n) is 16.1. The highest BCUT2D eigenvalue weighted by Crippen LogP contribution is 2.43. The van der Waals surface area contributed by atoms with Crippen molar-refractivity contribution in [1.29, 1.82) is 0 Å². The number of carboxylic acid groups (broad SMARTS) is 2. The second kappa shape index (κ2) is 50.5. The molecule has 0 unspecified atom stereocenters. The van der Waals surface area contributed by atoms with E-state index in [1.165, 1.54) is 30.3 Å². The van der Waals surface area contributed by atoms with Gasteiger partial charge < -0.3 is 50.1 Å². The van der Waals surface area contributed by atoms with Gasteiger partial charge in [0.1, 0.15) is 110 Å². The number of hydrogen-bond donors (Lipinski definition) is 4. The fourth-order valence-corrected chi connectivity index (χ4v) is 11.4. The predicted molar refractivity (Wildman–Crippen MR) is 458 cm³/mol. The Morgan fingerprint density at radius 1 is 0.452 bits per heavy atom. The van der Waals surface area contributed by atoms with E-state index in [4.69, 9.17) is 125 Å². The van der Waals surface area contributed by atoms with Crippen molar-refractivity contribution in [3.05, 3.63) is 312 Å². The van der Waals surface area contributed by atoms with Crippen molar-refractivity contribution in [3.8, 4) is 46.0 Å². The Morgan fingerprint density at radius 2 is 0.758 bits per heavy atom. The molecule has 0 saturated heterocycles. The fourth-order valence-electron chi connectivity index (χ4n) is 10.2. The zero-order valence-electron chi connectivity index (χ0n) is 66.0. The Hall–Kier alpha value is -12.9. The summed E-state index contributed by atoms with van der Waals surface area (Å²) in [6.07, 6.45) is -5.58. The second-order valence-corrected chi connectivity index (χ2v) is 26.4. The van der Waals surface area contributed by atoms with E-state index < -0.39 is 77.6 Å². The first kappa shape index (κ1) is 103. The topological polar surface area (TPSA) is 412 Å². The minimum absolute atomic E-state index is 0.0352. The molecule has 0 aliphatic carbocycles. The number of para-hydroxylation sites is 4. The molecule has 10 rings (SSSR count). The number of aldehydes is 1. The van der Waals surface area contributed by atoms with Gasteiger partial charge in [0.15, 0.2) is 0 Å². The van der Waals surface area contributed by atoms with Gasteiger partial charge in [-0.3, -0.25) is 64.6 Å². The summed E-state index contributed by atoms with van der Waals surface area (Å²) < 4.78 is 108. The number of halogens is 12. The molecule has 0 radical (unpaired) electrons. The molecular weight excluding hydrogens is 1770 g/mol. The predicted octanol–water partition coefficient (Wildman–Crippen LogP) is 23.4. The summed E-state index contributed by atoms with van der Waals surface area (Å²) in [5, 5.41) is 60.2. The Labute approximate surface area is 733 Å². The van der Waals surface area contributed by atoms with Crippen LogP contribution in [0.1, 0.15) is 81.8 Å². The zero-order valence-corrected chi connectivity index (χ0v) is 70.6. The molecule has 10 aromatic rings. The van der Waals surface area contributed by atoms with Crippen LogP contribution in [0.15, 0.2) is 207 Å². The van der Waals surface area contributed by atoms with Gasteiger partial charge in [0, 0.05) is 49.6 Å². The number of nitro benzene ring substituents is 4. The van der Waals surface area contributed by atoms with Crippen molar-refractivity contribution in [1.82, 2.24) is 0 Å². The molecular formula is C83H76Cl6F6N8O21. The molecule has 0 heterocycles. The van der Waals surface area contributed by atoms with Gasteiger partial charge in [-0.15, -0.1) is 23.2 Å². The van der Waals surface area contributed by atoms with Crippen LogP contribution in [-0.4, -0.2) is 98.4 Å². The highest BCUT2D eigenvalue weighted by Gasteiger charge is 2.33. The first-order chi connectivity index (χ1) is 58.6. The van der Waals surface area contributed by atoms with Gasteiger partial charge in [0.05, 0.1) is 52.2 Å². The van der Waals surface area contributed by atoms with E-state index in [-0.39, 0.29) is 114 Å². The molecule has 658 valence electrons. The van der Waals surface area contributed by atoms with Crippen LogP contribution >= 0.6 is 69.6 Å². The third-order valence-corrected chi connectivity index (χ3v) is 17.9. The standard InChI is InChI=1S/2C14H7ClF3NO5.2C14H20ClNO2.2C12H9ClN2O3.C3H4O/c2*15-10-5-7(14(16,17)18)1-4-12(10)24-8-2-3-11(19(22)23)9(6-8)13(20)21;2*1-4-12-8-6-7-11(3)14(12)16(10-18-5-2)13(17)9-15;2*13-11-10(18-8-4-2-1-3-5-8)7-6-9(12(11)14)15(16)17;1-2-3-4/h2*1-6H,(H,20,21);2*6-8H,4-5,9-10H2,1-3H3;2*1-7H,14H2;2-3H,1H2. The van der Waals surface area contributed by atoms with Crippen LogP contribution < -0.4 is 40.2 Å². The molecule has 0 saturated carbocycles. The summed E-state index contributed by atoms with van der Waals surface area (Å²) >= 11 is 34.7. The first-order valence-electron chi connectivity index (χ1n) is 35.7. The molecule has 0 aliphatic rings. The van der Waals surface area contributed by atoms with Gasteiger partial charge in [0.2, 0.25) is 11.8 Å². The molecule has 2 amide bonds. The van der Waals surface area contributed by atoms with E-state index in [1.54, 1.807) is 58.3 Å². The average Bonchev–Trinajstić information content (AvgIpc) is 0.817. The highest BCUT2D eigenvalue weighted by atomic mass is 35.5. The number of ether oxygens (including phenoxy) is 6. The number of aryl methyl sites for hydroxylation is 4. The molecule has 10 aromatic carbocycles. The van der Waals surface area contributed by atoms with Crippen molar-refractivity contribution >= 4 is 145 Å². The molecule has 0 aromatic heterocycles. The normalized spacial score (nSPS) is 10.4. The molecule has 0 bridgehead atoms. The maximum atomic E-state index is 12.6. The van der Waals surface area contributed by atoms with Crippen molar-refractivity contribution in [2.45, 2.75) is 66.7 Å². The number of rotatable bonds is 27. The summed E-state index contributed by atoms with van der Waals surface area (Å²) in [6.45, 7) is 16.7. The van der Waals surface area contributed by atoms with Gasteiger partial charge >= 0.3 is 24.3 Å². The lowest BCUT2D eigenvalue weighted by atomic mass is 10.0. The van der Waals surface area contributed by atoms with E-state index in [2.05, 4.69) is 20.4 Å². The van der Waals surface area contributed by atoms with Crippen molar-refractivity contribution in [2.75, 3.05) is 59.7 Å². The number of aromatic carboxylic acids is 2. The van der Waals surface area contributed by atoms with Crippen LogP contribution in [0.5, 0.6) is 46.0 Å². The summed E-state index contributed by atoms with van der Waals surface area (Å²) in [4.78, 5) is 98.2. The number of nitrogens with zero attached hydrogens (tertiary/aromatic N) is 6. The molecule has 0 spiro atoms. The Kier molecular flexibility index (Phi) is 42.2. The number of carboxylic acids is 2. The zero-order chi connectivity index (χ0) is 92.9. The van der Waals surface area contributed by atoms with Gasteiger partial charge in [-0.25, -0.2) is 9.59 Å². The van der Waals surface area contributed by atoms with E-state index in [0.29, 0.717) is 43.1 Å². The lowest BCUT2D eigenvalue weighted by molar-refractivity contribution is -0.385. The number of carbonyl (C=O) groups is 5. The van der Waals surface area contributed by atoms with E-state index in [1.807, 2.05) is 76.2 Å². The number of benzene rings is 10. The van der Waals surface area contributed by atoms with Crippen molar-refractivity contribution in [2.24, 2.45) is 0 Å². The Morgan fingerprint density at radius 3 is 1.02 bits per heavy atom. The highest BCUT2D eigenvalue weighted by molar-refractivity contribution is 6.36. The van der Waals surface area contributed by atoms with Crippen LogP contribution in [0.3, 0.4) is 0 Å². The number of nitrogen functional groups attached to an aromatic ring is 2. The van der Waals surface area contributed by atoms with Gasteiger partial charge in [-0.1, -0.05) is 140 Å². The van der Waals surface area contributed by atoms with Crippen LogP contribution in [0.4, 0.5) is 71.8 Å². The number of nitro groups is 4. The molecule has 0 aliphatic heterocycles. The molecule has 0 atom stereocenters. The number of anilines is 4. The number of carbonyl (C=O) groups excluding carboxylic acids is 3. The quantitative estimate of drug-likeness (QED) is 0.00543. The van der Waals surface area contributed by atoms with Gasteiger partial charge in [-0.05, 0) is 154 Å².